The third kappa shape index (κ3) is 5.44. The van der Waals surface area contributed by atoms with E-state index in [0.29, 0.717) is 21.0 Å². The number of sulfonamides is 1. The Labute approximate surface area is 187 Å². The quantitative estimate of drug-likeness (QED) is 0.541. The van der Waals surface area contributed by atoms with E-state index in [0.717, 1.165) is 23.1 Å². The number of anilines is 2. The molecule has 3 aromatic rings. The van der Waals surface area contributed by atoms with E-state index in [1.54, 1.807) is 24.3 Å². The molecule has 3 rings (SSSR count). The first kappa shape index (κ1) is 22.0. The highest BCUT2D eigenvalue weighted by Crippen LogP contribution is 2.36. The Hall–Kier alpha value is -2.74. The number of carbonyl (C=O) groups is 1. The van der Waals surface area contributed by atoms with E-state index in [-0.39, 0.29) is 5.69 Å². The van der Waals surface area contributed by atoms with Crippen LogP contribution in [0.3, 0.4) is 0 Å². The van der Waals surface area contributed by atoms with E-state index in [2.05, 4.69) is 27.0 Å². The van der Waals surface area contributed by atoms with Gasteiger partial charge >= 0.3 is 0 Å². The maximum atomic E-state index is 12.3. The molecule has 30 heavy (non-hydrogen) atoms. The van der Waals surface area contributed by atoms with Crippen molar-refractivity contribution >= 4 is 54.0 Å². The normalized spacial score (nSPS) is 11.0. The fourth-order valence-corrected chi connectivity index (χ4v) is 4.57. The molecule has 10 heteroatoms. The Kier molecular flexibility index (Phi) is 6.55. The van der Waals surface area contributed by atoms with Crippen molar-refractivity contribution in [1.82, 2.24) is 9.71 Å². The number of rotatable bonds is 6. The summed E-state index contributed by atoms with van der Waals surface area (Å²) in [5.74, 6) is -0.804. The molecule has 0 fully saturated rings. The highest BCUT2D eigenvalue weighted by atomic mass is 79.9. The number of nitrogens with zero attached hydrogens (tertiary/aromatic N) is 3. The van der Waals surface area contributed by atoms with Crippen molar-refractivity contribution in [3.63, 3.8) is 0 Å². The Bertz CT molecular complexity index is 1210. The number of aryl methyl sites for hydroxylation is 1. The van der Waals surface area contributed by atoms with Gasteiger partial charge in [0.25, 0.3) is 5.91 Å². The van der Waals surface area contributed by atoms with Crippen LogP contribution in [-0.2, 0) is 16.6 Å². The van der Waals surface area contributed by atoms with Gasteiger partial charge in [-0.05, 0) is 52.7 Å². The SMILES string of the molecule is Cc1ccc(CN(c2ccc(C#N)cc2)c2nc(C(=O)NS(C)(=O)=O)c(Br)s2)cc1. The number of carbonyl (C=O) groups excluding carboxylic acids is 1. The lowest BCUT2D eigenvalue weighted by molar-refractivity contribution is 0.0977. The molecule has 0 aliphatic heterocycles. The Morgan fingerprint density at radius 2 is 1.83 bits per heavy atom. The maximum Gasteiger partial charge on any atom is 0.285 e. The fourth-order valence-electron chi connectivity index (χ4n) is 2.62. The second kappa shape index (κ2) is 8.95. The van der Waals surface area contributed by atoms with Crippen molar-refractivity contribution < 1.29 is 13.2 Å². The Balaban J connectivity index is 2.01. The van der Waals surface area contributed by atoms with Crippen LogP contribution in [0.5, 0.6) is 0 Å². The summed E-state index contributed by atoms with van der Waals surface area (Å²) in [7, 11) is -3.71. The molecular formula is C20H17BrN4O3S2. The van der Waals surface area contributed by atoms with Gasteiger partial charge in [0.15, 0.2) is 10.8 Å². The highest BCUT2D eigenvalue weighted by molar-refractivity contribution is 9.11. The molecule has 0 atom stereocenters. The third-order valence-electron chi connectivity index (χ3n) is 4.07. The van der Waals surface area contributed by atoms with Gasteiger partial charge in [-0.15, -0.1) is 0 Å². The summed E-state index contributed by atoms with van der Waals surface area (Å²) in [5.41, 5.74) is 3.47. The smallest absolute Gasteiger partial charge is 0.285 e. The number of nitrogens with one attached hydrogen (secondary N) is 1. The Morgan fingerprint density at radius 1 is 1.20 bits per heavy atom. The van der Waals surface area contributed by atoms with E-state index in [9.17, 15) is 13.2 Å². The number of thiazole rings is 1. The van der Waals surface area contributed by atoms with Crippen molar-refractivity contribution in [2.24, 2.45) is 0 Å². The summed E-state index contributed by atoms with van der Waals surface area (Å²) in [6.45, 7) is 2.48. The number of halogens is 1. The minimum atomic E-state index is -3.71. The van der Waals surface area contributed by atoms with Crippen LogP contribution in [0.4, 0.5) is 10.8 Å². The molecule has 1 aromatic heterocycles. The first-order valence-corrected chi connectivity index (χ1v) is 12.2. The summed E-state index contributed by atoms with van der Waals surface area (Å²) >= 11 is 4.53. The number of amides is 1. The molecule has 1 amide bonds. The molecule has 0 bridgehead atoms. The van der Waals surface area contributed by atoms with E-state index in [1.807, 2.05) is 40.8 Å². The maximum absolute atomic E-state index is 12.3. The predicted octanol–water partition coefficient (Wildman–Crippen LogP) is 4.11. The Morgan fingerprint density at radius 3 is 2.40 bits per heavy atom. The zero-order valence-corrected chi connectivity index (χ0v) is 19.3. The standard InChI is InChI=1S/C20H17BrN4O3S2/c1-13-3-5-15(6-4-13)12-25(16-9-7-14(11-22)8-10-16)20-23-17(18(21)29-20)19(26)24-30(2,27)28/h3-10H,12H2,1-2H3,(H,24,26). The monoisotopic (exact) mass is 504 g/mol. The average molecular weight is 505 g/mol. The van der Waals surface area contributed by atoms with Crippen LogP contribution < -0.4 is 9.62 Å². The summed E-state index contributed by atoms with van der Waals surface area (Å²) in [6.07, 6.45) is 0.909. The van der Waals surface area contributed by atoms with Crippen molar-refractivity contribution in [2.45, 2.75) is 13.5 Å². The van der Waals surface area contributed by atoms with Gasteiger partial charge in [0.05, 0.1) is 24.4 Å². The first-order chi connectivity index (χ1) is 14.2. The van der Waals surface area contributed by atoms with Gasteiger partial charge in [-0.1, -0.05) is 41.2 Å². The van der Waals surface area contributed by atoms with Gasteiger partial charge in [-0.25, -0.2) is 18.1 Å². The summed E-state index contributed by atoms with van der Waals surface area (Å²) < 4.78 is 25.2. The molecule has 0 unspecified atom stereocenters. The zero-order chi connectivity index (χ0) is 21.9. The number of hydrogen-bond donors (Lipinski definition) is 1. The van der Waals surface area contributed by atoms with Crippen LogP contribution in [0, 0.1) is 18.3 Å². The molecule has 7 nitrogen and oxygen atoms in total. The molecular weight excluding hydrogens is 488 g/mol. The number of hydrogen-bond acceptors (Lipinski definition) is 7. The molecule has 0 radical (unpaired) electrons. The first-order valence-electron chi connectivity index (χ1n) is 8.68. The van der Waals surface area contributed by atoms with Gasteiger partial charge < -0.3 is 4.90 Å². The van der Waals surface area contributed by atoms with Crippen LogP contribution in [-0.4, -0.2) is 25.6 Å². The number of benzene rings is 2. The topological polar surface area (TPSA) is 103 Å². The average Bonchev–Trinajstić information content (AvgIpc) is 3.08. The summed E-state index contributed by atoms with van der Waals surface area (Å²) in [5, 5.41) is 9.57. The molecule has 154 valence electrons. The van der Waals surface area contributed by atoms with Gasteiger partial charge in [0.2, 0.25) is 10.0 Å². The van der Waals surface area contributed by atoms with Gasteiger partial charge in [-0.2, -0.15) is 5.26 Å². The molecule has 0 aliphatic carbocycles. The van der Waals surface area contributed by atoms with Gasteiger partial charge in [-0.3, -0.25) is 4.79 Å². The number of aromatic nitrogens is 1. The lowest BCUT2D eigenvalue weighted by Crippen LogP contribution is -2.30. The second-order valence-corrected chi connectivity index (χ2v) is 10.6. The van der Waals surface area contributed by atoms with Crippen LogP contribution in [0.15, 0.2) is 52.3 Å². The fraction of sp³-hybridized carbons (Fsp3) is 0.150. The van der Waals surface area contributed by atoms with Crippen molar-refractivity contribution in [3.8, 4) is 6.07 Å². The van der Waals surface area contributed by atoms with Crippen molar-refractivity contribution in [3.05, 3.63) is 74.7 Å². The lowest BCUT2D eigenvalue weighted by Gasteiger charge is -2.22. The molecule has 0 spiro atoms. The van der Waals surface area contributed by atoms with E-state index >= 15 is 0 Å². The molecule has 0 saturated carbocycles. The van der Waals surface area contributed by atoms with E-state index < -0.39 is 15.9 Å². The van der Waals surface area contributed by atoms with Crippen LogP contribution >= 0.6 is 27.3 Å². The molecule has 0 saturated heterocycles. The number of nitriles is 1. The van der Waals surface area contributed by atoms with Crippen LogP contribution in [0.2, 0.25) is 0 Å². The van der Waals surface area contributed by atoms with Gasteiger partial charge in [0.1, 0.15) is 3.79 Å². The van der Waals surface area contributed by atoms with Crippen molar-refractivity contribution in [2.75, 3.05) is 11.2 Å². The summed E-state index contributed by atoms with van der Waals surface area (Å²) in [4.78, 5) is 18.6. The molecule has 1 heterocycles. The minimum absolute atomic E-state index is 0.0111. The molecule has 1 N–H and O–H groups in total. The zero-order valence-electron chi connectivity index (χ0n) is 16.1. The van der Waals surface area contributed by atoms with E-state index in [4.69, 9.17) is 5.26 Å². The van der Waals surface area contributed by atoms with E-state index in [1.165, 1.54) is 11.3 Å². The highest BCUT2D eigenvalue weighted by Gasteiger charge is 2.23. The van der Waals surface area contributed by atoms with Gasteiger partial charge in [0, 0.05) is 5.69 Å². The summed E-state index contributed by atoms with van der Waals surface area (Å²) in [6, 6.07) is 17.1. The lowest BCUT2D eigenvalue weighted by atomic mass is 10.1. The minimum Gasteiger partial charge on any atom is -0.313 e. The third-order valence-corrected chi connectivity index (χ3v) is 6.35. The molecule has 0 aliphatic rings. The van der Waals surface area contributed by atoms with Crippen LogP contribution in [0.25, 0.3) is 0 Å². The largest absolute Gasteiger partial charge is 0.313 e. The van der Waals surface area contributed by atoms with Crippen molar-refractivity contribution in [1.29, 1.82) is 5.26 Å². The second-order valence-electron chi connectivity index (χ2n) is 6.55. The van der Waals surface area contributed by atoms with Crippen LogP contribution in [0.1, 0.15) is 27.2 Å². The predicted molar refractivity (Wildman–Crippen MR) is 120 cm³/mol. The molecule has 2 aromatic carbocycles.